The molecule has 2 heterocycles. The van der Waals surface area contributed by atoms with Crippen LogP contribution in [-0.2, 0) is 0 Å². The highest BCUT2D eigenvalue weighted by Crippen LogP contribution is 2.26. The number of nitrogens with zero attached hydrogens (tertiary/aromatic N) is 2. The number of anilines is 1. The van der Waals surface area contributed by atoms with Gasteiger partial charge in [0.1, 0.15) is 18.1 Å². The highest BCUT2D eigenvalue weighted by molar-refractivity contribution is 6.13. The fourth-order valence-electron chi connectivity index (χ4n) is 3.12. The van der Waals surface area contributed by atoms with Crippen molar-refractivity contribution in [1.82, 2.24) is 9.88 Å². The van der Waals surface area contributed by atoms with E-state index in [1.807, 2.05) is 68.7 Å². The average molecular weight is 401 g/mol. The van der Waals surface area contributed by atoms with Crippen molar-refractivity contribution in [3.05, 3.63) is 78.6 Å². The summed E-state index contributed by atoms with van der Waals surface area (Å²) in [7, 11) is 3.99. The van der Waals surface area contributed by atoms with E-state index in [1.54, 1.807) is 18.4 Å². The standard InChI is InChI=1S/C24H23N3O3/c1-27(2)12-14-29-18-8-5-7-17(15-18)25-24(28)20-16-22(23-11-6-13-30-23)26-21-10-4-3-9-19(20)21/h3-11,13,15-16H,12,14H2,1-2H3,(H,25,28). The van der Waals surface area contributed by atoms with E-state index in [0.717, 1.165) is 17.4 Å². The first-order valence-corrected chi connectivity index (χ1v) is 9.73. The largest absolute Gasteiger partial charge is 0.492 e. The maximum atomic E-state index is 13.1. The number of fused-ring (bicyclic) bond motifs is 1. The second-order valence-electron chi connectivity index (χ2n) is 7.18. The predicted molar refractivity (Wildman–Crippen MR) is 118 cm³/mol. The van der Waals surface area contributed by atoms with Crippen molar-refractivity contribution in [2.24, 2.45) is 0 Å². The maximum absolute atomic E-state index is 13.1. The van der Waals surface area contributed by atoms with Crippen LogP contribution in [0.15, 0.2) is 77.4 Å². The molecule has 0 bridgehead atoms. The molecule has 4 aromatic rings. The Morgan fingerprint density at radius 1 is 1.07 bits per heavy atom. The van der Waals surface area contributed by atoms with Crippen molar-refractivity contribution >= 4 is 22.5 Å². The van der Waals surface area contributed by atoms with Crippen LogP contribution in [-0.4, -0.2) is 43.0 Å². The van der Waals surface area contributed by atoms with Gasteiger partial charge in [-0.1, -0.05) is 24.3 Å². The Morgan fingerprint density at radius 3 is 2.73 bits per heavy atom. The number of pyridine rings is 1. The van der Waals surface area contributed by atoms with Gasteiger partial charge in [-0.25, -0.2) is 4.98 Å². The molecular formula is C24H23N3O3. The third-order valence-electron chi connectivity index (χ3n) is 4.63. The fourth-order valence-corrected chi connectivity index (χ4v) is 3.12. The number of hydrogen-bond acceptors (Lipinski definition) is 5. The van der Waals surface area contributed by atoms with E-state index >= 15 is 0 Å². The lowest BCUT2D eigenvalue weighted by molar-refractivity contribution is 0.102. The van der Waals surface area contributed by atoms with Crippen molar-refractivity contribution in [2.45, 2.75) is 0 Å². The van der Waals surface area contributed by atoms with Crippen molar-refractivity contribution in [3.8, 4) is 17.2 Å². The number of carbonyl (C=O) groups excluding carboxylic acids is 1. The van der Waals surface area contributed by atoms with E-state index in [2.05, 4.69) is 15.2 Å². The fraction of sp³-hybridized carbons (Fsp3) is 0.167. The quantitative estimate of drug-likeness (QED) is 0.487. The molecule has 0 saturated carbocycles. The van der Waals surface area contributed by atoms with E-state index in [-0.39, 0.29) is 5.91 Å². The van der Waals surface area contributed by atoms with E-state index in [4.69, 9.17) is 9.15 Å². The molecule has 1 N–H and O–H groups in total. The number of furan rings is 1. The Hall–Kier alpha value is -3.64. The molecule has 0 atom stereocenters. The summed E-state index contributed by atoms with van der Waals surface area (Å²) in [6.07, 6.45) is 1.59. The van der Waals surface area contributed by atoms with Gasteiger partial charge in [-0.3, -0.25) is 4.79 Å². The van der Waals surface area contributed by atoms with E-state index < -0.39 is 0 Å². The second kappa shape index (κ2) is 8.80. The number of likely N-dealkylation sites (N-methyl/N-ethyl adjacent to an activating group) is 1. The molecule has 0 saturated heterocycles. The molecule has 0 aliphatic heterocycles. The first kappa shape index (κ1) is 19.7. The first-order valence-electron chi connectivity index (χ1n) is 9.73. The molecule has 2 aromatic carbocycles. The van der Waals surface area contributed by atoms with E-state index in [9.17, 15) is 4.79 Å². The lowest BCUT2D eigenvalue weighted by atomic mass is 10.1. The van der Waals surface area contributed by atoms with Crippen LogP contribution in [0.3, 0.4) is 0 Å². The molecule has 0 aliphatic rings. The van der Waals surface area contributed by atoms with Crippen molar-refractivity contribution < 1.29 is 13.9 Å². The SMILES string of the molecule is CN(C)CCOc1cccc(NC(=O)c2cc(-c3ccco3)nc3ccccc23)c1. The minimum Gasteiger partial charge on any atom is -0.492 e. The summed E-state index contributed by atoms with van der Waals surface area (Å²) < 4.78 is 11.2. The number of ether oxygens (including phenoxy) is 1. The van der Waals surface area contributed by atoms with Gasteiger partial charge in [0.05, 0.1) is 17.3 Å². The van der Waals surface area contributed by atoms with Crippen LogP contribution in [0.4, 0.5) is 5.69 Å². The molecule has 4 rings (SSSR count). The van der Waals surface area contributed by atoms with Gasteiger partial charge in [-0.2, -0.15) is 0 Å². The minimum absolute atomic E-state index is 0.216. The highest BCUT2D eigenvalue weighted by atomic mass is 16.5. The Balaban J connectivity index is 1.61. The van der Waals surface area contributed by atoms with Crippen LogP contribution in [0.5, 0.6) is 5.75 Å². The van der Waals surface area contributed by atoms with Crippen LogP contribution in [0.25, 0.3) is 22.4 Å². The summed E-state index contributed by atoms with van der Waals surface area (Å²) in [5, 5.41) is 3.76. The van der Waals surface area contributed by atoms with Gasteiger partial charge in [0, 0.05) is 23.7 Å². The summed E-state index contributed by atoms with van der Waals surface area (Å²) in [6, 6.07) is 20.4. The molecule has 152 valence electrons. The normalized spacial score (nSPS) is 11.0. The lowest BCUT2D eigenvalue weighted by Crippen LogP contribution is -2.19. The third-order valence-corrected chi connectivity index (χ3v) is 4.63. The molecule has 30 heavy (non-hydrogen) atoms. The zero-order chi connectivity index (χ0) is 20.9. The van der Waals surface area contributed by atoms with Crippen molar-refractivity contribution in [1.29, 1.82) is 0 Å². The molecule has 6 heteroatoms. The molecule has 0 radical (unpaired) electrons. The van der Waals surface area contributed by atoms with Gasteiger partial charge >= 0.3 is 0 Å². The number of aromatic nitrogens is 1. The summed E-state index contributed by atoms with van der Waals surface area (Å²) in [4.78, 5) is 19.8. The third kappa shape index (κ3) is 4.50. The van der Waals surface area contributed by atoms with Gasteiger partial charge in [0.2, 0.25) is 0 Å². The minimum atomic E-state index is -0.216. The Bertz CT molecular complexity index is 1150. The number of hydrogen-bond donors (Lipinski definition) is 1. The van der Waals surface area contributed by atoms with Crippen LogP contribution in [0.1, 0.15) is 10.4 Å². The molecule has 0 fully saturated rings. The van der Waals surface area contributed by atoms with Gasteiger partial charge in [-0.15, -0.1) is 0 Å². The summed E-state index contributed by atoms with van der Waals surface area (Å²) in [6.45, 7) is 1.39. The predicted octanol–water partition coefficient (Wildman–Crippen LogP) is 4.69. The molecule has 0 aliphatic carbocycles. The van der Waals surface area contributed by atoms with Crippen LogP contribution >= 0.6 is 0 Å². The van der Waals surface area contributed by atoms with E-state index in [1.165, 1.54) is 0 Å². The Kier molecular flexibility index (Phi) is 5.77. The molecule has 6 nitrogen and oxygen atoms in total. The molecule has 0 unspecified atom stereocenters. The van der Waals surface area contributed by atoms with Crippen LogP contribution in [0.2, 0.25) is 0 Å². The Morgan fingerprint density at radius 2 is 1.93 bits per heavy atom. The van der Waals surface area contributed by atoms with E-state index in [0.29, 0.717) is 35.1 Å². The number of benzene rings is 2. The van der Waals surface area contributed by atoms with Gasteiger partial charge in [0.25, 0.3) is 5.91 Å². The highest BCUT2D eigenvalue weighted by Gasteiger charge is 2.15. The topological polar surface area (TPSA) is 67.6 Å². The van der Waals surface area contributed by atoms with Gasteiger partial charge in [0.15, 0.2) is 5.76 Å². The average Bonchev–Trinajstić information content (AvgIpc) is 3.28. The molecule has 0 spiro atoms. The zero-order valence-corrected chi connectivity index (χ0v) is 17.0. The lowest BCUT2D eigenvalue weighted by Gasteiger charge is -2.13. The number of rotatable bonds is 7. The second-order valence-corrected chi connectivity index (χ2v) is 7.18. The van der Waals surface area contributed by atoms with Gasteiger partial charge < -0.3 is 19.4 Å². The van der Waals surface area contributed by atoms with Crippen molar-refractivity contribution in [3.63, 3.8) is 0 Å². The summed E-state index contributed by atoms with van der Waals surface area (Å²) in [5.41, 5.74) is 2.55. The van der Waals surface area contributed by atoms with Crippen molar-refractivity contribution in [2.75, 3.05) is 32.6 Å². The first-order chi connectivity index (χ1) is 14.6. The molecule has 2 aromatic heterocycles. The summed E-state index contributed by atoms with van der Waals surface area (Å²) in [5.74, 6) is 1.11. The van der Waals surface area contributed by atoms with Gasteiger partial charge in [-0.05, 0) is 50.5 Å². The smallest absolute Gasteiger partial charge is 0.256 e. The summed E-state index contributed by atoms with van der Waals surface area (Å²) >= 11 is 0. The monoisotopic (exact) mass is 401 g/mol. The van der Waals surface area contributed by atoms with Crippen LogP contribution in [0, 0.1) is 0 Å². The maximum Gasteiger partial charge on any atom is 0.256 e. The number of nitrogens with one attached hydrogen (secondary N) is 1. The Labute approximate surface area is 175 Å². The van der Waals surface area contributed by atoms with Crippen LogP contribution < -0.4 is 10.1 Å². The number of amides is 1. The molecule has 1 amide bonds. The zero-order valence-electron chi connectivity index (χ0n) is 17.0. The number of carbonyl (C=O) groups is 1. The molecular weight excluding hydrogens is 378 g/mol. The number of para-hydroxylation sites is 1.